The van der Waals surface area contributed by atoms with Gasteiger partial charge in [0.25, 0.3) is 0 Å². The van der Waals surface area contributed by atoms with Crippen LogP contribution in [-0.2, 0) is 9.47 Å². The second kappa shape index (κ2) is 6.17. The van der Waals surface area contributed by atoms with Crippen molar-refractivity contribution in [1.82, 2.24) is 0 Å². The molecule has 1 aromatic rings. The maximum atomic E-state index is 10.9. The molecule has 0 aliphatic rings. The molecule has 0 saturated heterocycles. The van der Waals surface area contributed by atoms with E-state index in [1.807, 2.05) is 0 Å². The molecule has 0 amide bonds. The standard InChI is InChI=1S/C11H15NO5/c1-8-5-4-6-9(11(8)12(13)14)17-7-10(15-2)16-3/h4-6,10H,7H2,1-3H3. The first kappa shape index (κ1) is 13.4. The Hall–Kier alpha value is -1.66. The molecule has 17 heavy (non-hydrogen) atoms. The van der Waals surface area contributed by atoms with Crippen molar-refractivity contribution in [1.29, 1.82) is 0 Å². The lowest BCUT2D eigenvalue weighted by Crippen LogP contribution is -2.22. The third-order valence-electron chi connectivity index (χ3n) is 2.28. The van der Waals surface area contributed by atoms with Crippen molar-refractivity contribution >= 4 is 5.69 Å². The van der Waals surface area contributed by atoms with E-state index in [9.17, 15) is 10.1 Å². The Morgan fingerprint density at radius 2 is 2.00 bits per heavy atom. The molecule has 0 saturated carbocycles. The molecule has 0 aliphatic heterocycles. The largest absolute Gasteiger partial charge is 0.481 e. The molecule has 0 N–H and O–H groups in total. The fourth-order valence-corrected chi connectivity index (χ4v) is 1.37. The minimum atomic E-state index is -0.546. The Labute approximate surface area is 99.2 Å². The van der Waals surface area contributed by atoms with Gasteiger partial charge in [0.2, 0.25) is 0 Å². The van der Waals surface area contributed by atoms with E-state index in [1.54, 1.807) is 25.1 Å². The number of nitrogens with zero attached hydrogens (tertiary/aromatic N) is 1. The molecule has 0 aromatic heterocycles. The summed E-state index contributed by atoms with van der Waals surface area (Å²) in [6, 6.07) is 4.91. The van der Waals surface area contributed by atoms with Crippen LogP contribution in [-0.4, -0.2) is 32.0 Å². The molecule has 1 aromatic carbocycles. The molecule has 0 unspecified atom stereocenters. The van der Waals surface area contributed by atoms with Gasteiger partial charge in [0.05, 0.1) is 4.92 Å². The molecule has 0 fully saturated rings. The zero-order chi connectivity index (χ0) is 12.8. The van der Waals surface area contributed by atoms with Crippen LogP contribution in [0.2, 0.25) is 0 Å². The topological polar surface area (TPSA) is 70.8 Å². The van der Waals surface area contributed by atoms with Crippen LogP contribution in [0.1, 0.15) is 5.56 Å². The second-order valence-corrected chi connectivity index (χ2v) is 3.39. The predicted molar refractivity (Wildman–Crippen MR) is 61.1 cm³/mol. The average Bonchev–Trinajstić information content (AvgIpc) is 2.29. The van der Waals surface area contributed by atoms with E-state index in [0.29, 0.717) is 5.56 Å². The van der Waals surface area contributed by atoms with Gasteiger partial charge in [-0.15, -0.1) is 0 Å². The van der Waals surface area contributed by atoms with E-state index in [-0.39, 0.29) is 18.0 Å². The van der Waals surface area contributed by atoms with Gasteiger partial charge in [-0.25, -0.2) is 0 Å². The number of methoxy groups -OCH3 is 2. The lowest BCUT2D eigenvalue weighted by atomic mass is 10.2. The summed E-state index contributed by atoms with van der Waals surface area (Å²) in [7, 11) is 2.95. The third kappa shape index (κ3) is 3.40. The van der Waals surface area contributed by atoms with Crippen molar-refractivity contribution in [2.45, 2.75) is 13.2 Å². The van der Waals surface area contributed by atoms with E-state index < -0.39 is 11.2 Å². The Morgan fingerprint density at radius 1 is 1.35 bits per heavy atom. The van der Waals surface area contributed by atoms with Gasteiger partial charge >= 0.3 is 5.69 Å². The van der Waals surface area contributed by atoms with Crippen LogP contribution in [0, 0.1) is 17.0 Å². The van der Waals surface area contributed by atoms with Gasteiger partial charge in [-0.3, -0.25) is 10.1 Å². The van der Waals surface area contributed by atoms with Gasteiger partial charge in [-0.2, -0.15) is 0 Å². The summed E-state index contributed by atoms with van der Waals surface area (Å²) < 4.78 is 15.2. The zero-order valence-corrected chi connectivity index (χ0v) is 10.0. The zero-order valence-electron chi connectivity index (χ0n) is 10.0. The fraction of sp³-hybridized carbons (Fsp3) is 0.455. The number of hydrogen-bond acceptors (Lipinski definition) is 5. The Kier molecular flexibility index (Phi) is 4.86. The lowest BCUT2D eigenvalue weighted by Gasteiger charge is -2.14. The Bertz CT molecular complexity index is 389. The summed E-state index contributed by atoms with van der Waals surface area (Å²) >= 11 is 0. The van der Waals surface area contributed by atoms with Gasteiger partial charge in [0, 0.05) is 19.8 Å². The summed E-state index contributed by atoms with van der Waals surface area (Å²) in [4.78, 5) is 10.4. The van der Waals surface area contributed by atoms with Gasteiger partial charge in [0.1, 0.15) is 6.61 Å². The quantitative estimate of drug-likeness (QED) is 0.432. The van der Waals surface area contributed by atoms with Crippen molar-refractivity contribution in [3.8, 4) is 5.75 Å². The summed E-state index contributed by atoms with van der Waals surface area (Å²) in [6.45, 7) is 1.76. The second-order valence-electron chi connectivity index (χ2n) is 3.39. The van der Waals surface area contributed by atoms with E-state index in [1.165, 1.54) is 14.2 Å². The molecule has 6 nitrogen and oxygen atoms in total. The summed E-state index contributed by atoms with van der Waals surface area (Å²) in [5.41, 5.74) is 0.525. The number of hydrogen-bond donors (Lipinski definition) is 0. The first-order chi connectivity index (χ1) is 8.10. The van der Waals surface area contributed by atoms with Gasteiger partial charge in [-0.1, -0.05) is 12.1 Å². The lowest BCUT2D eigenvalue weighted by molar-refractivity contribution is -0.386. The maximum Gasteiger partial charge on any atom is 0.313 e. The van der Waals surface area contributed by atoms with Crippen molar-refractivity contribution in [2.24, 2.45) is 0 Å². The highest BCUT2D eigenvalue weighted by Gasteiger charge is 2.19. The molecule has 0 radical (unpaired) electrons. The van der Waals surface area contributed by atoms with Gasteiger partial charge < -0.3 is 14.2 Å². The van der Waals surface area contributed by atoms with E-state index in [2.05, 4.69) is 0 Å². The van der Waals surface area contributed by atoms with Crippen LogP contribution in [0.4, 0.5) is 5.69 Å². The van der Waals surface area contributed by atoms with Crippen molar-refractivity contribution in [3.63, 3.8) is 0 Å². The molecular formula is C11H15NO5. The molecule has 6 heteroatoms. The minimum Gasteiger partial charge on any atom is -0.481 e. The highest BCUT2D eigenvalue weighted by Crippen LogP contribution is 2.30. The molecule has 0 heterocycles. The molecule has 0 aliphatic carbocycles. The van der Waals surface area contributed by atoms with Crippen LogP contribution >= 0.6 is 0 Å². The van der Waals surface area contributed by atoms with Crippen molar-refractivity contribution < 1.29 is 19.1 Å². The van der Waals surface area contributed by atoms with Crippen LogP contribution < -0.4 is 4.74 Å². The van der Waals surface area contributed by atoms with E-state index in [0.717, 1.165) is 0 Å². The number of nitro groups is 1. The number of para-hydroxylation sites is 1. The monoisotopic (exact) mass is 241 g/mol. The predicted octanol–water partition coefficient (Wildman–Crippen LogP) is 1.90. The highest BCUT2D eigenvalue weighted by molar-refractivity contribution is 5.51. The van der Waals surface area contributed by atoms with Crippen molar-refractivity contribution in [3.05, 3.63) is 33.9 Å². The molecule has 94 valence electrons. The smallest absolute Gasteiger partial charge is 0.313 e. The number of benzene rings is 1. The first-order valence-electron chi connectivity index (χ1n) is 5.02. The van der Waals surface area contributed by atoms with Crippen LogP contribution in [0.5, 0.6) is 5.75 Å². The first-order valence-corrected chi connectivity index (χ1v) is 5.02. The molecule has 0 bridgehead atoms. The fourth-order valence-electron chi connectivity index (χ4n) is 1.37. The number of rotatable bonds is 6. The van der Waals surface area contributed by atoms with Crippen LogP contribution in [0.3, 0.4) is 0 Å². The number of ether oxygens (including phenoxy) is 3. The Balaban J connectivity index is 2.84. The van der Waals surface area contributed by atoms with E-state index in [4.69, 9.17) is 14.2 Å². The minimum absolute atomic E-state index is 0.0292. The summed E-state index contributed by atoms with van der Waals surface area (Å²) in [5.74, 6) is 0.217. The van der Waals surface area contributed by atoms with Crippen LogP contribution in [0.15, 0.2) is 18.2 Å². The van der Waals surface area contributed by atoms with Crippen LogP contribution in [0.25, 0.3) is 0 Å². The molecule has 0 atom stereocenters. The SMILES string of the molecule is COC(COc1cccc(C)c1[N+](=O)[O-])OC. The highest BCUT2D eigenvalue weighted by atomic mass is 16.7. The van der Waals surface area contributed by atoms with Crippen molar-refractivity contribution in [2.75, 3.05) is 20.8 Å². The molecule has 0 spiro atoms. The number of nitro benzene ring substituents is 1. The van der Waals surface area contributed by atoms with Gasteiger partial charge in [-0.05, 0) is 13.0 Å². The van der Waals surface area contributed by atoms with E-state index >= 15 is 0 Å². The average molecular weight is 241 g/mol. The molecule has 1 rings (SSSR count). The van der Waals surface area contributed by atoms with Gasteiger partial charge in [0.15, 0.2) is 12.0 Å². The summed E-state index contributed by atoms with van der Waals surface area (Å²) in [5, 5.41) is 10.9. The third-order valence-corrected chi connectivity index (χ3v) is 2.28. The molecular weight excluding hydrogens is 226 g/mol. The maximum absolute atomic E-state index is 10.9. The summed E-state index contributed by atoms with van der Waals surface area (Å²) in [6.07, 6.45) is -0.546. The number of aryl methyl sites for hydroxylation is 1. The normalized spacial score (nSPS) is 10.6. The Morgan fingerprint density at radius 3 is 2.53 bits per heavy atom.